The van der Waals surface area contributed by atoms with Crippen LogP contribution in [-0.4, -0.2) is 7.11 Å². The Bertz CT molecular complexity index is 841. The fraction of sp³-hybridized carbons (Fsp3) is 0.167. The first-order valence-electron chi connectivity index (χ1n) is 8.73. The number of allylic oxidation sites excluding steroid dienone is 1. The molecule has 0 saturated carbocycles. The van der Waals surface area contributed by atoms with Gasteiger partial charge in [0.05, 0.1) is 7.11 Å². The van der Waals surface area contributed by atoms with Gasteiger partial charge in [0.2, 0.25) is 0 Å². The standard InChI is InChI=1S/C24H24O/c1-4-23(19-8-6-5-7-9-19)24(20-12-10-18(2)11-13-20)21-14-16-22(25-3)17-15-21/h5-17H,4H2,1-3H3/b24-23-. The number of benzene rings is 3. The minimum atomic E-state index is 0.879. The zero-order valence-corrected chi connectivity index (χ0v) is 15.1. The van der Waals surface area contributed by atoms with Gasteiger partial charge >= 0.3 is 0 Å². The third kappa shape index (κ3) is 3.83. The van der Waals surface area contributed by atoms with Crippen LogP contribution in [0.2, 0.25) is 0 Å². The highest BCUT2D eigenvalue weighted by molar-refractivity contribution is 5.98. The molecule has 0 unspecified atom stereocenters. The van der Waals surface area contributed by atoms with Gasteiger partial charge in [-0.25, -0.2) is 0 Å². The number of aryl methyl sites for hydroxylation is 1. The second-order valence-electron chi connectivity index (χ2n) is 6.17. The first kappa shape index (κ1) is 17.0. The molecule has 0 aliphatic heterocycles. The molecule has 126 valence electrons. The van der Waals surface area contributed by atoms with Crippen LogP contribution >= 0.6 is 0 Å². The third-order valence-electron chi connectivity index (χ3n) is 4.50. The van der Waals surface area contributed by atoms with Gasteiger partial charge in [-0.3, -0.25) is 0 Å². The van der Waals surface area contributed by atoms with Crippen molar-refractivity contribution in [3.05, 3.63) is 101 Å². The molecule has 25 heavy (non-hydrogen) atoms. The minimum absolute atomic E-state index is 0.879. The zero-order chi connectivity index (χ0) is 17.6. The van der Waals surface area contributed by atoms with Crippen molar-refractivity contribution < 1.29 is 4.74 Å². The summed E-state index contributed by atoms with van der Waals surface area (Å²) in [4.78, 5) is 0. The van der Waals surface area contributed by atoms with Gasteiger partial charge in [-0.2, -0.15) is 0 Å². The molecule has 0 spiro atoms. The molecule has 0 aliphatic rings. The molecule has 0 atom stereocenters. The van der Waals surface area contributed by atoms with Gasteiger partial charge in [0.15, 0.2) is 0 Å². The Balaban J connectivity index is 2.23. The Labute approximate surface area is 150 Å². The van der Waals surface area contributed by atoms with E-state index in [2.05, 4.69) is 80.6 Å². The van der Waals surface area contributed by atoms with Crippen LogP contribution in [-0.2, 0) is 0 Å². The molecule has 0 bridgehead atoms. The van der Waals surface area contributed by atoms with Crippen molar-refractivity contribution in [1.29, 1.82) is 0 Å². The molecule has 0 amide bonds. The van der Waals surface area contributed by atoms with Crippen LogP contribution in [0, 0.1) is 6.92 Å². The Morgan fingerprint density at radius 1 is 0.720 bits per heavy atom. The number of methoxy groups -OCH3 is 1. The molecule has 0 radical (unpaired) electrons. The molecule has 0 fully saturated rings. The Morgan fingerprint density at radius 2 is 1.28 bits per heavy atom. The van der Waals surface area contributed by atoms with Gasteiger partial charge in [0.25, 0.3) is 0 Å². The fourth-order valence-corrected chi connectivity index (χ4v) is 3.16. The number of hydrogen-bond donors (Lipinski definition) is 0. The highest BCUT2D eigenvalue weighted by Crippen LogP contribution is 2.35. The van der Waals surface area contributed by atoms with E-state index in [-0.39, 0.29) is 0 Å². The summed E-state index contributed by atoms with van der Waals surface area (Å²) in [5, 5.41) is 0. The van der Waals surface area contributed by atoms with Crippen LogP contribution in [0.25, 0.3) is 11.1 Å². The maximum Gasteiger partial charge on any atom is 0.118 e. The molecule has 0 aliphatic carbocycles. The van der Waals surface area contributed by atoms with Crippen LogP contribution < -0.4 is 4.74 Å². The molecule has 0 saturated heterocycles. The van der Waals surface area contributed by atoms with Gasteiger partial charge in [-0.1, -0.05) is 79.2 Å². The molecular weight excluding hydrogens is 304 g/mol. The van der Waals surface area contributed by atoms with Gasteiger partial charge in [0, 0.05) is 0 Å². The van der Waals surface area contributed by atoms with Crippen LogP contribution in [0.1, 0.15) is 35.6 Å². The van der Waals surface area contributed by atoms with E-state index >= 15 is 0 Å². The van der Waals surface area contributed by atoms with Crippen molar-refractivity contribution in [2.24, 2.45) is 0 Å². The summed E-state index contributed by atoms with van der Waals surface area (Å²) in [6, 6.07) is 27.8. The lowest BCUT2D eigenvalue weighted by atomic mass is 9.88. The van der Waals surface area contributed by atoms with Crippen molar-refractivity contribution >= 4 is 11.1 Å². The second-order valence-corrected chi connectivity index (χ2v) is 6.17. The molecule has 3 aromatic rings. The third-order valence-corrected chi connectivity index (χ3v) is 4.50. The Kier molecular flexibility index (Phi) is 5.35. The number of rotatable bonds is 5. The van der Waals surface area contributed by atoms with E-state index in [1.807, 2.05) is 12.1 Å². The number of hydrogen-bond acceptors (Lipinski definition) is 1. The monoisotopic (exact) mass is 328 g/mol. The van der Waals surface area contributed by atoms with Crippen molar-refractivity contribution in [2.75, 3.05) is 7.11 Å². The molecule has 3 rings (SSSR count). The first-order valence-corrected chi connectivity index (χ1v) is 8.73. The maximum atomic E-state index is 5.33. The topological polar surface area (TPSA) is 9.23 Å². The van der Waals surface area contributed by atoms with E-state index in [4.69, 9.17) is 4.74 Å². The molecular formula is C24H24O. The number of ether oxygens (including phenoxy) is 1. The van der Waals surface area contributed by atoms with Crippen molar-refractivity contribution in [3.8, 4) is 5.75 Å². The largest absolute Gasteiger partial charge is 0.497 e. The van der Waals surface area contributed by atoms with Gasteiger partial charge < -0.3 is 4.74 Å². The van der Waals surface area contributed by atoms with Crippen molar-refractivity contribution in [3.63, 3.8) is 0 Å². The lowest BCUT2D eigenvalue weighted by Gasteiger charge is -2.17. The second kappa shape index (κ2) is 7.85. The quantitative estimate of drug-likeness (QED) is 0.494. The Hall–Kier alpha value is -2.80. The fourth-order valence-electron chi connectivity index (χ4n) is 3.16. The zero-order valence-electron chi connectivity index (χ0n) is 15.1. The summed E-state index contributed by atoms with van der Waals surface area (Å²) in [6.45, 7) is 4.35. The first-order chi connectivity index (χ1) is 12.2. The summed E-state index contributed by atoms with van der Waals surface area (Å²) in [6.07, 6.45) is 0.971. The lowest BCUT2D eigenvalue weighted by molar-refractivity contribution is 0.415. The van der Waals surface area contributed by atoms with Gasteiger partial charge in [-0.05, 0) is 53.3 Å². The maximum absolute atomic E-state index is 5.33. The predicted octanol–water partition coefficient (Wildman–Crippen LogP) is 6.37. The average molecular weight is 328 g/mol. The molecule has 0 N–H and O–H groups in total. The highest BCUT2D eigenvalue weighted by Gasteiger charge is 2.13. The molecule has 1 nitrogen and oxygen atoms in total. The molecule has 1 heteroatoms. The summed E-state index contributed by atoms with van der Waals surface area (Å²) in [7, 11) is 1.70. The van der Waals surface area contributed by atoms with Gasteiger partial charge in [0.1, 0.15) is 5.75 Å². The van der Waals surface area contributed by atoms with Crippen LogP contribution in [0.3, 0.4) is 0 Å². The van der Waals surface area contributed by atoms with E-state index in [9.17, 15) is 0 Å². The van der Waals surface area contributed by atoms with Crippen molar-refractivity contribution in [2.45, 2.75) is 20.3 Å². The SMILES string of the molecule is CC/C(=C(\c1ccc(C)cc1)c1ccc(OC)cc1)c1ccccc1. The average Bonchev–Trinajstić information content (AvgIpc) is 2.68. The molecule has 0 heterocycles. The lowest BCUT2D eigenvalue weighted by Crippen LogP contribution is -1.95. The summed E-state index contributed by atoms with van der Waals surface area (Å²) in [5.41, 5.74) is 7.65. The normalized spacial score (nSPS) is 11.8. The smallest absolute Gasteiger partial charge is 0.118 e. The molecule has 3 aromatic carbocycles. The highest BCUT2D eigenvalue weighted by atomic mass is 16.5. The summed E-state index contributed by atoms with van der Waals surface area (Å²) < 4.78 is 5.33. The van der Waals surface area contributed by atoms with Crippen molar-refractivity contribution in [1.82, 2.24) is 0 Å². The minimum Gasteiger partial charge on any atom is -0.497 e. The van der Waals surface area contributed by atoms with E-state index in [0.717, 1.165) is 12.2 Å². The van der Waals surface area contributed by atoms with Gasteiger partial charge in [-0.15, -0.1) is 0 Å². The van der Waals surface area contributed by atoms with E-state index in [1.165, 1.54) is 33.4 Å². The Morgan fingerprint density at radius 3 is 1.80 bits per heavy atom. The van der Waals surface area contributed by atoms with E-state index in [1.54, 1.807) is 7.11 Å². The summed E-state index contributed by atoms with van der Waals surface area (Å²) >= 11 is 0. The van der Waals surface area contributed by atoms with Crippen LogP contribution in [0.5, 0.6) is 5.75 Å². The summed E-state index contributed by atoms with van der Waals surface area (Å²) in [5.74, 6) is 0.879. The predicted molar refractivity (Wildman–Crippen MR) is 107 cm³/mol. The van der Waals surface area contributed by atoms with E-state index in [0.29, 0.717) is 0 Å². The molecule has 0 aromatic heterocycles. The van der Waals surface area contributed by atoms with Crippen LogP contribution in [0.15, 0.2) is 78.9 Å². The van der Waals surface area contributed by atoms with Crippen LogP contribution in [0.4, 0.5) is 0 Å². The van der Waals surface area contributed by atoms with E-state index < -0.39 is 0 Å².